The van der Waals surface area contributed by atoms with Gasteiger partial charge in [-0.3, -0.25) is 4.79 Å². The molecular weight excluding hydrogens is 216 g/mol. The maximum Gasteiger partial charge on any atom is 0.258 e. The molecule has 1 aliphatic heterocycles. The minimum Gasteiger partial charge on any atom is -0.272 e. The zero-order valence-electron chi connectivity index (χ0n) is 9.97. The summed E-state index contributed by atoms with van der Waals surface area (Å²) in [5.41, 5.74) is 2.72. The molecule has 17 heavy (non-hydrogen) atoms. The minimum absolute atomic E-state index is 0.0144. The summed E-state index contributed by atoms with van der Waals surface area (Å²) in [7, 11) is 0. The Morgan fingerprint density at radius 2 is 2.00 bits per heavy atom. The number of aromatic nitrogens is 2. The summed E-state index contributed by atoms with van der Waals surface area (Å²) in [4.78, 5) is 20.7. The molecule has 88 valence electrons. The van der Waals surface area contributed by atoms with Gasteiger partial charge in [0.1, 0.15) is 0 Å². The van der Waals surface area contributed by atoms with Gasteiger partial charge in [-0.1, -0.05) is 0 Å². The lowest BCUT2D eigenvalue weighted by atomic mass is 10.1. The van der Waals surface area contributed by atoms with Crippen LogP contribution < -0.4 is 5.01 Å². The van der Waals surface area contributed by atoms with Crippen LogP contribution >= 0.6 is 0 Å². The van der Waals surface area contributed by atoms with Crippen LogP contribution in [-0.2, 0) is 4.79 Å². The Morgan fingerprint density at radius 1 is 1.29 bits per heavy atom. The first-order chi connectivity index (χ1) is 8.15. The van der Waals surface area contributed by atoms with Crippen molar-refractivity contribution in [2.45, 2.75) is 33.1 Å². The number of hydrogen-bond acceptors (Lipinski definition) is 4. The average Bonchev–Trinajstić information content (AvgIpc) is 2.80. The molecule has 5 heteroatoms. The van der Waals surface area contributed by atoms with Crippen molar-refractivity contribution in [2.75, 3.05) is 5.01 Å². The Kier molecular flexibility index (Phi) is 2.21. The maximum atomic E-state index is 12.1. The molecule has 1 saturated carbocycles. The van der Waals surface area contributed by atoms with E-state index in [9.17, 15) is 4.79 Å². The lowest BCUT2D eigenvalue weighted by Gasteiger charge is -2.12. The van der Waals surface area contributed by atoms with E-state index in [0.717, 1.165) is 36.4 Å². The third-order valence-corrected chi connectivity index (χ3v) is 3.22. The number of aryl methyl sites for hydroxylation is 2. The average molecular weight is 230 g/mol. The number of nitrogens with zero attached hydrogens (tertiary/aromatic N) is 4. The van der Waals surface area contributed by atoms with E-state index in [1.807, 2.05) is 19.9 Å². The van der Waals surface area contributed by atoms with Crippen molar-refractivity contribution < 1.29 is 4.79 Å². The summed E-state index contributed by atoms with van der Waals surface area (Å²) >= 11 is 0. The molecule has 0 N–H and O–H groups in total. The van der Waals surface area contributed by atoms with E-state index in [-0.39, 0.29) is 11.8 Å². The van der Waals surface area contributed by atoms with Crippen molar-refractivity contribution in [3.63, 3.8) is 0 Å². The standard InChI is InChI=1S/C12H14N4O/c1-7-6-8(2)14-12(13-7)16-11(17)9-4-3-5-10(9)15-16/h6,9H,3-5H2,1-2H3/t9-/m0/s1. The van der Waals surface area contributed by atoms with Crippen molar-refractivity contribution in [2.24, 2.45) is 11.0 Å². The highest BCUT2D eigenvalue weighted by Crippen LogP contribution is 2.31. The fourth-order valence-electron chi connectivity index (χ4n) is 2.48. The van der Waals surface area contributed by atoms with Gasteiger partial charge in [0.15, 0.2) is 0 Å². The van der Waals surface area contributed by atoms with Crippen LogP contribution in [0.3, 0.4) is 0 Å². The molecule has 0 aromatic carbocycles. The van der Waals surface area contributed by atoms with Crippen molar-refractivity contribution in [3.05, 3.63) is 17.5 Å². The largest absolute Gasteiger partial charge is 0.272 e. The second-order valence-electron chi connectivity index (χ2n) is 4.64. The van der Waals surface area contributed by atoms with Crippen molar-refractivity contribution in [3.8, 4) is 0 Å². The second kappa shape index (κ2) is 3.61. The molecule has 1 aromatic rings. The third kappa shape index (κ3) is 1.62. The van der Waals surface area contributed by atoms with Crippen LogP contribution in [0, 0.1) is 19.8 Å². The van der Waals surface area contributed by atoms with Gasteiger partial charge in [0.05, 0.1) is 11.6 Å². The molecule has 0 bridgehead atoms. The molecule has 3 rings (SSSR count). The van der Waals surface area contributed by atoms with Crippen LogP contribution in [0.15, 0.2) is 11.2 Å². The normalized spacial score (nSPS) is 22.9. The first kappa shape index (κ1) is 10.4. The van der Waals surface area contributed by atoms with Crippen LogP contribution in [0.25, 0.3) is 0 Å². The number of rotatable bonds is 1. The summed E-state index contributed by atoms with van der Waals surface area (Å²) in [6.45, 7) is 3.79. The van der Waals surface area contributed by atoms with Crippen LogP contribution in [0.5, 0.6) is 0 Å². The highest BCUT2D eigenvalue weighted by Gasteiger charge is 2.40. The molecule has 0 saturated heterocycles. The number of hydrazone groups is 1. The van der Waals surface area contributed by atoms with Gasteiger partial charge in [-0.05, 0) is 39.2 Å². The Bertz CT molecular complexity index is 503. The number of amides is 1. The van der Waals surface area contributed by atoms with E-state index >= 15 is 0 Å². The summed E-state index contributed by atoms with van der Waals surface area (Å²) in [5.74, 6) is 0.427. The molecule has 2 aliphatic rings. The molecule has 1 fully saturated rings. The van der Waals surface area contributed by atoms with Gasteiger partial charge in [0, 0.05) is 11.4 Å². The van der Waals surface area contributed by atoms with E-state index in [1.165, 1.54) is 5.01 Å². The number of fused-ring (bicyclic) bond motifs is 1. The Hall–Kier alpha value is -1.78. The minimum atomic E-state index is -0.0144. The Morgan fingerprint density at radius 3 is 2.65 bits per heavy atom. The van der Waals surface area contributed by atoms with E-state index < -0.39 is 0 Å². The number of carbonyl (C=O) groups is 1. The molecule has 1 amide bonds. The molecular formula is C12H14N4O. The monoisotopic (exact) mass is 230 g/mol. The lowest BCUT2D eigenvalue weighted by Crippen LogP contribution is -2.27. The molecule has 0 spiro atoms. The molecule has 0 unspecified atom stereocenters. The zero-order chi connectivity index (χ0) is 12.0. The third-order valence-electron chi connectivity index (χ3n) is 3.22. The van der Waals surface area contributed by atoms with Gasteiger partial charge in [-0.25, -0.2) is 9.97 Å². The number of carbonyl (C=O) groups excluding carboxylic acids is 1. The van der Waals surface area contributed by atoms with E-state index in [4.69, 9.17) is 0 Å². The predicted octanol–water partition coefficient (Wildman–Crippen LogP) is 1.60. The fourth-order valence-corrected chi connectivity index (χ4v) is 2.48. The number of hydrogen-bond donors (Lipinski definition) is 0. The SMILES string of the molecule is Cc1cc(C)nc(N2N=C3CCC[C@@H]3C2=O)n1. The fraction of sp³-hybridized carbons (Fsp3) is 0.500. The molecule has 1 aromatic heterocycles. The quantitative estimate of drug-likeness (QED) is 0.736. The van der Waals surface area contributed by atoms with Crippen LogP contribution in [0.4, 0.5) is 5.95 Å². The highest BCUT2D eigenvalue weighted by molar-refractivity contribution is 6.15. The molecule has 1 atom stereocenters. The molecule has 2 heterocycles. The summed E-state index contributed by atoms with van der Waals surface area (Å²) in [6, 6.07) is 1.89. The van der Waals surface area contributed by atoms with E-state index in [1.54, 1.807) is 0 Å². The van der Waals surface area contributed by atoms with Gasteiger partial charge in [-0.15, -0.1) is 0 Å². The van der Waals surface area contributed by atoms with Crippen LogP contribution in [0.1, 0.15) is 30.7 Å². The smallest absolute Gasteiger partial charge is 0.258 e. The van der Waals surface area contributed by atoms with Crippen molar-refractivity contribution in [1.82, 2.24) is 9.97 Å². The molecule has 5 nitrogen and oxygen atoms in total. The molecule has 1 aliphatic carbocycles. The van der Waals surface area contributed by atoms with E-state index in [0.29, 0.717) is 5.95 Å². The molecule has 0 radical (unpaired) electrons. The maximum absolute atomic E-state index is 12.1. The van der Waals surface area contributed by atoms with Gasteiger partial charge < -0.3 is 0 Å². The lowest BCUT2D eigenvalue weighted by molar-refractivity contribution is -0.119. The van der Waals surface area contributed by atoms with Gasteiger partial charge in [0.2, 0.25) is 0 Å². The van der Waals surface area contributed by atoms with E-state index in [2.05, 4.69) is 15.1 Å². The zero-order valence-corrected chi connectivity index (χ0v) is 9.97. The van der Waals surface area contributed by atoms with Gasteiger partial charge >= 0.3 is 0 Å². The Balaban J connectivity index is 2.00. The number of anilines is 1. The van der Waals surface area contributed by atoms with Gasteiger partial charge in [0.25, 0.3) is 11.9 Å². The van der Waals surface area contributed by atoms with Crippen LogP contribution in [-0.4, -0.2) is 21.6 Å². The topological polar surface area (TPSA) is 58.5 Å². The summed E-state index contributed by atoms with van der Waals surface area (Å²) in [6.07, 6.45) is 2.91. The second-order valence-corrected chi connectivity index (χ2v) is 4.64. The van der Waals surface area contributed by atoms with Gasteiger partial charge in [-0.2, -0.15) is 10.1 Å². The first-order valence-corrected chi connectivity index (χ1v) is 5.89. The van der Waals surface area contributed by atoms with Crippen molar-refractivity contribution in [1.29, 1.82) is 0 Å². The predicted molar refractivity (Wildman–Crippen MR) is 63.8 cm³/mol. The summed E-state index contributed by atoms with van der Waals surface area (Å²) in [5, 5.41) is 5.73. The highest BCUT2D eigenvalue weighted by atomic mass is 16.2. The van der Waals surface area contributed by atoms with Crippen LogP contribution in [0.2, 0.25) is 0 Å². The first-order valence-electron chi connectivity index (χ1n) is 5.89. The van der Waals surface area contributed by atoms with Crippen molar-refractivity contribution >= 4 is 17.6 Å². The summed E-state index contributed by atoms with van der Waals surface area (Å²) < 4.78 is 0. The Labute approximate surface area is 99.6 Å².